The van der Waals surface area contributed by atoms with Gasteiger partial charge in [-0.3, -0.25) is 24.0 Å². The van der Waals surface area contributed by atoms with Crippen LogP contribution in [0.2, 0.25) is 0 Å². The molecular weight excluding hydrogens is 493 g/mol. The first-order chi connectivity index (χ1) is 18.0. The van der Waals surface area contributed by atoms with Gasteiger partial charge in [0.15, 0.2) is 5.78 Å². The van der Waals surface area contributed by atoms with Gasteiger partial charge in [0.05, 0.1) is 6.42 Å². The molecule has 1 heterocycles. The Kier molecular flexibility index (Phi) is 11.1. The maximum absolute atomic E-state index is 12.6. The highest BCUT2D eigenvalue weighted by molar-refractivity contribution is 6.06. The Labute approximate surface area is 219 Å². The molecule has 2 aromatic carbocycles. The molecule has 2 amide bonds. The lowest BCUT2D eigenvalue weighted by molar-refractivity contribution is -0.140. The van der Waals surface area contributed by atoms with Crippen molar-refractivity contribution in [1.29, 1.82) is 0 Å². The van der Waals surface area contributed by atoms with Crippen molar-refractivity contribution in [2.75, 3.05) is 12.0 Å². The number of aryl methyl sites for hydroxylation is 3. The van der Waals surface area contributed by atoms with Crippen LogP contribution in [-0.4, -0.2) is 46.0 Å². The van der Waals surface area contributed by atoms with Gasteiger partial charge in [-0.25, -0.2) is 4.39 Å². The molecule has 3 rings (SSSR count). The first kappa shape index (κ1) is 29.6. The standard InChI is InChI=1S/C21H22FN3O6.C7H8/c1-12-5-3-6-13(2)19(12)20(30)24-14-7-4-8-25(21(14)31)11-17(27)23-15(9-18(28)29)16(26)10-22;1-7-5-3-2-4-6-7/h3-8,15H,9-11H2,1-2H3,(H,23,27)(H,24,30)(H,28,29);2-6H,1H3. The summed E-state index contributed by atoms with van der Waals surface area (Å²) in [5, 5.41) is 13.5. The number of ketones is 1. The molecule has 0 bridgehead atoms. The van der Waals surface area contributed by atoms with Crippen LogP contribution in [0.25, 0.3) is 0 Å². The number of rotatable bonds is 9. The molecule has 0 aliphatic heterocycles. The Morgan fingerprint density at radius 1 is 0.921 bits per heavy atom. The van der Waals surface area contributed by atoms with Gasteiger partial charge in [-0.05, 0) is 44.0 Å². The largest absolute Gasteiger partial charge is 0.481 e. The number of carboxylic acid groups (broad SMARTS) is 1. The molecule has 0 saturated carbocycles. The molecular formula is C28H30FN3O6. The lowest BCUT2D eigenvalue weighted by atomic mass is 10.0. The Morgan fingerprint density at radius 3 is 2.08 bits per heavy atom. The number of alkyl halides is 1. The predicted octanol–water partition coefficient (Wildman–Crippen LogP) is 3.21. The number of pyridine rings is 1. The predicted molar refractivity (Wildman–Crippen MR) is 141 cm³/mol. The highest BCUT2D eigenvalue weighted by Crippen LogP contribution is 2.15. The molecule has 38 heavy (non-hydrogen) atoms. The summed E-state index contributed by atoms with van der Waals surface area (Å²) in [5.74, 6) is -3.81. The second-order valence-corrected chi connectivity index (χ2v) is 8.55. The summed E-state index contributed by atoms with van der Waals surface area (Å²) in [6.07, 6.45) is 0.509. The van der Waals surface area contributed by atoms with Gasteiger partial charge in [0.25, 0.3) is 11.5 Å². The van der Waals surface area contributed by atoms with Crippen LogP contribution in [0.1, 0.15) is 33.5 Å². The van der Waals surface area contributed by atoms with Gasteiger partial charge in [-0.15, -0.1) is 0 Å². The Bertz CT molecular complexity index is 1330. The number of benzene rings is 2. The van der Waals surface area contributed by atoms with Crippen LogP contribution in [0, 0.1) is 20.8 Å². The molecule has 1 aromatic heterocycles. The highest BCUT2D eigenvalue weighted by atomic mass is 19.1. The van der Waals surface area contributed by atoms with Crippen molar-refractivity contribution >= 4 is 29.3 Å². The van der Waals surface area contributed by atoms with E-state index in [4.69, 9.17) is 5.11 Å². The van der Waals surface area contributed by atoms with E-state index in [2.05, 4.69) is 29.7 Å². The van der Waals surface area contributed by atoms with E-state index in [1.807, 2.05) is 18.2 Å². The maximum atomic E-state index is 12.6. The lowest BCUT2D eigenvalue weighted by Gasteiger charge is -2.15. The smallest absolute Gasteiger partial charge is 0.305 e. The van der Waals surface area contributed by atoms with E-state index in [9.17, 15) is 28.4 Å². The average molecular weight is 524 g/mol. The molecule has 0 fully saturated rings. The number of carboxylic acids is 1. The number of aliphatic carboxylic acids is 1. The topological polar surface area (TPSA) is 135 Å². The second-order valence-electron chi connectivity index (χ2n) is 8.55. The zero-order valence-corrected chi connectivity index (χ0v) is 21.4. The monoisotopic (exact) mass is 523 g/mol. The van der Waals surface area contributed by atoms with E-state index in [-0.39, 0.29) is 5.69 Å². The van der Waals surface area contributed by atoms with Crippen LogP contribution in [0.4, 0.5) is 10.1 Å². The Morgan fingerprint density at radius 2 is 1.55 bits per heavy atom. The van der Waals surface area contributed by atoms with E-state index in [0.717, 1.165) is 15.7 Å². The number of carbonyl (C=O) groups is 4. The Hall–Kier alpha value is -4.60. The van der Waals surface area contributed by atoms with Gasteiger partial charge in [0.1, 0.15) is 24.9 Å². The lowest BCUT2D eigenvalue weighted by Crippen LogP contribution is -2.45. The molecule has 0 saturated heterocycles. The minimum atomic E-state index is -1.54. The molecule has 3 N–H and O–H groups in total. The third-order valence-corrected chi connectivity index (χ3v) is 5.47. The number of aromatic nitrogens is 1. The van der Waals surface area contributed by atoms with Gasteiger partial charge >= 0.3 is 5.97 Å². The third-order valence-electron chi connectivity index (χ3n) is 5.47. The molecule has 200 valence electrons. The number of halogens is 1. The number of nitrogens with zero attached hydrogens (tertiary/aromatic N) is 1. The Balaban J connectivity index is 0.000000624. The van der Waals surface area contributed by atoms with Crippen LogP contribution < -0.4 is 16.2 Å². The van der Waals surface area contributed by atoms with Gasteiger partial charge in [0, 0.05) is 11.8 Å². The van der Waals surface area contributed by atoms with Crippen LogP contribution in [0.3, 0.4) is 0 Å². The summed E-state index contributed by atoms with van der Waals surface area (Å²) < 4.78 is 13.6. The molecule has 1 atom stereocenters. The number of hydrogen-bond donors (Lipinski definition) is 3. The minimum absolute atomic E-state index is 0.0649. The van der Waals surface area contributed by atoms with Crippen molar-refractivity contribution in [3.63, 3.8) is 0 Å². The van der Waals surface area contributed by atoms with Crippen LogP contribution in [0.15, 0.2) is 71.7 Å². The molecule has 1 unspecified atom stereocenters. The summed E-state index contributed by atoms with van der Waals surface area (Å²) in [5.41, 5.74) is 2.47. The number of hydrogen-bond acceptors (Lipinski definition) is 5. The number of anilines is 1. The summed E-state index contributed by atoms with van der Waals surface area (Å²) in [6, 6.07) is 16.9. The number of Topliss-reactive ketones (excluding diaryl/α,β-unsaturated/α-hetero) is 1. The number of carbonyl (C=O) groups excluding carboxylic acids is 3. The fourth-order valence-corrected chi connectivity index (χ4v) is 3.56. The van der Waals surface area contributed by atoms with Gasteiger partial charge in [-0.2, -0.15) is 0 Å². The van der Waals surface area contributed by atoms with E-state index >= 15 is 0 Å². The molecule has 0 aliphatic carbocycles. The first-order valence-corrected chi connectivity index (χ1v) is 11.7. The summed E-state index contributed by atoms with van der Waals surface area (Å²) in [6.45, 7) is 3.63. The van der Waals surface area contributed by atoms with Gasteiger partial charge in [-0.1, -0.05) is 54.1 Å². The third kappa shape index (κ3) is 8.81. The zero-order chi connectivity index (χ0) is 28.2. The fraction of sp³-hybridized carbons (Fsp3) is 0.250. The van der Waals surface area contributed by atoms with Crippen molar-refractivity contribution in [2.45, 2.75) is 39.8 Å². The van der Waals surface area contributed by atoms with Crippen molar-refractivity contribution in [3.8, 4) is 0 Å². The van der Waals surface area contributed by atoms with Crippen molar-refractivity contribution < 1.29 is 28.7 Å². The quantitative estimate of drug-likeness (QED) is 0.394. The number of amides is 2. The van der Waals surface area contributed by atoms with Gasteiger partial charge < -0.3 is 20.3 Å². The van der Waals surface area contributed by atoms with Gasteiger partial charge in [0.2, 0.25) is 5.91 Å². The van der Waals surface area contributed by atoms with Crippen LogP contribution >= 0.6 is 0 Å². The van der Waals surface area contributed by atoms with E-state index in [1.165, 1.54) is 23.9 Å². The zero-order valence-electron chi connectivity index (χ0n) is 21.4. The van der Waals surface area contributed by atoms with Crippen LogP contribution in [0.5, 0.6) is 0 Å². The molecule has 10 heteroatoms. The van der Waals surface area contributed by atoms with E-state index in [1.54, 1.807) is 32.0 Å². The molecule has 0 radical (unpaired) electrons. The maximum Gasteiger partial charge on any atom is 0.305 e. The van der Waals surface area contributed by atoms with Crippen molar-refractivity contribution in [1.82, 2.24) is 9.88 Å². The molecule has 3 aromatic rings. The van der Waals surface area contributed by atoms with E-state index in [0.29, 0.717) is 5.56 Å². The normalized spacial score (nSPS) is 10.9. The summed E-state index contributed by atoms with van der Waals surface area (Å²) in [7, 11) is 0. The van der Waals surface area contributed by atoms with Crippen LogP contribution in [-0.2, 0) is 20.9 Å². The first-order valence-electron chi connectivity index (χ1n) is 11.7. The summed E-state index contributed by atoms with van der Waals surface area (Å²) >= 11 is 0. The molecule has 0 aliphatic rings. The molecule has 0 spiro atoms. The van der Waals surface area contributed by atoms with E-state index < -0.39 is 54.8 Å². The average Bonchev–Trinajstić information content (AvgIpc) is 2.86. The highest BCUT2D eigenvalue weighted by Gasteiger charge is 2.24. The molecule has 9 nitrogen and oxygen atoms in total. The SMILES string of the molecule is Cc1cccc(C)c1C(=O)Nc1cccn(CC(=O)NC(CC(=O)O)C(=O)CF)c1=O.Cc1ccccc1. The second kappa shape index (κ2) is 14.2. The van der Waals surface area contributed by atoms with Crippen molar-refractivity contribution in [3.05, 3.63) is 99.5 Å². The number of nitrogens with one attached hydrogen (secondary N) is 2. The fourth-order valence-electron chi connectivity index (χ4n) is 3.56. The summed E-state index contributed by atoms with van der Waals surface area (Å²) in [4.78, 5) is 59.8. The minimum Gasteiger partial charge on any atom is -0.481 e. The van der Waals surface area contributed by atoms with Crippen molar-refractivity contribution in [2.24, 2.45) is 0 Å².